The number of carboxylic acids is 1. The van der Waals surface area contributed by atoms with Crippen molar-refractivity contribution in [2.45, 2.75) is 6.54 Å². The predicted molar refractivity (Wildman–Crippen MR) is 74.9 cm³/mol. The van der Waals surface area contributed by atoms with Gasteiger partial charge in [-0.05, 0) is 12.1 Å². The van der Waals surface area contributed by atoms with Gasteiger partial charge in [-0.3, -0.25) is 4.79 Å². The Morgan fingerprint density at radius 2 is 2.19 bits per heavy atom. The number of aromatic hydroxyl groups is 1. The number of nitrogens with zero attached hydrogens (tertiary/aromatic N) is 1. The number of benzene rings is 1. The molecule has 0 spiro atoms. The van der Waals surface area contributed by atoms with Gasteiger partial charge in [0.05, 0.1) is 19.2 Å². The number of nitrogens with one attached hydrogen (secondary N) is 1. The summed E-state index contributed by atoms with van der Waals surface area (Å²) in [6.45, 7) is 0.0856. The molecule has 1 heterocycles. The molecule has 2 rings (SSSR count). The predicted octanol–water partition coefficient (Wildman–Crippen LogP) is 1.49. The van der Waals surface area contributed by atoms with E-state index >= 15 is 0 Å². The fourth-order valence-electron chi connectivity index (χ4n) is 1.57. The van der Waals surface area contributed by atoms with Gasteiger partial charge >= 0.3 is 5.97 Å². The minimum Gasteiger partial charge on any atom is -0.507 e. The molecule has 21 heavy (non-hydrogen) atoms. The van der Waals surface area contributed by atoms with Gasteiger partial charge in [0.2, 0.25) is 0 Å². The van der Waals surface area contributed by atoms with Gasteiger partial charge in [0, 0.05) is 11.4 Å². The molecule has 1 amide bonds. The maximum atomic E-state index is 11.9. The number of carbonyl (C=O) groups is 2. The van der Waals surface area contributed by atoms with Gasteiger partial charge in [-0.1, -0.05) is 0 Å². The van der Waals surface area contributed by atoms with E-state index in [1.165, 1.54) is 24.6 Å². The summed E-state index contributed by atoms with van der Waals surface area (Å²) in [6.07, 6.45) is 0. The maximum absolute atomic E-state index is 11.9. The minimum atomic E-state index is -1.11. The number of aromatic carboxylic acids is 1. The number of hydrogen-bond acceptors (Lipinski definition) is 6. The van der Waals surface area contributed by atoms with Crippen molar-refractivity contribution in [3.05, 3.63) is 39.8 Å². The number of carboxylic acid groups (broad SMARTS) is 1. The number of phenols is 1. The van der Waals surface area contributed by atoms with Crippen LogP contribution in [0, 0.1) is 0 Å². The van der Waals surface area contributed by atoms with Crippen molar-refractivity contribution in [3.8, 4) is 11.5 Å². The Kier molecular flexibility index (Phi) is 4.39. The first-order valence-corrected chi connectivity index (χ1v) is 6.72. The number of carbonyl (C=O) groups excluding carboxylic acids is 1. The zero-order valence-electron chi connectivity index (χ0n) is 11.0. The molecule has 0 aliphatic heterocycles. The minimum absolute atomic E-state index is 0.0588. The molecule has 0 radical (unpaired) electrons. The number of rotatable bonds is 5. The molecule has 0 atom stereocenters. The molecule has 8 heteroatoms. The summed E-state index contributed by atoms with van der Waals surface area (Å²) in [6, 6.07) is 4.33. The Balaban J connectivity index is 2.02. The van der Waals surface area contributed by atoms with Crippen LogP contribution >= 0.6 is 11.3 Å². The fraction of sp³-hybridized carbons (Fsp3) is 0.154. The molecule has 110 valence electrons. The van der Waals surface area contributed by atoms with E-state index in [2.05, 4.69) is 10.3 Å². The van der Waals surface area contributed by atoms with Crippen LogP contribution in [0.4, 0.5) is 0 Å². The zero-order chi connectivity index (χ0) is 15.4. The van der Waals surface area contributed by atoms with E-state index in [9.17, 15) is 14.7 Å². The Morgan fingerprint density at radius 1 is 1.43 bits per heavy atom. The number of amides is 1. The van der Waals surface area contributed by atoms with E-state index in [4.69, 9.17) is 9.84 Å². The lowest BCUT2D eigenvalue weighted by atomic mass is 10.2. The maximum Gasteiger partial charge on any atom is 0.355 e. The topological polar surface area (TPSA) is 109 Å². The first-order valence-electron chi connectivity index (χ1n) is 5.84. The molecule has 1 aromatic carbocycles. The molecule has 0 fully saturated rings. The van der Waals surface area contributed by atoms with Crippen LogP contribution in [0.25, 0.3) is 0 Å². The lowest BCUT2D eigenvalue weighted by Gasteiger charge is -2.07. The van der Waals surface area contributed by atoms with Gasteiger partial charge in [0.15, 0.2) is 5.69 Å². The largest absolute Gasteiger partial charge is 0.507 e. The quantitative estimate of drug-likeness (QED) is 0.772. The molecule has 0 saturated heterocycles. The fourth-order valence-corrected chi connectivity index (χ4v) is 2.28. The van der Waals surface area contributed by atoms with Crippen molar-refractivity contribution in [3.63, 3.8) is 0 Å². The Morgan fingerprint density at radius 3 is 2.76 bits per heavy atom. The van der Waals surface area contributed by atoms with Crippen molar-refractivity contribution in [1.29, 1.82) is 0 Å². The van der Waals surface area contributed by atoms with Gasteiger partial charge in [0.1, 0.15) is 16.5 Å². The second kappa shape index (κ2) is 6.23. The molecule has 0 saturated carbocycles. The van der Waals surface area contributed by atoms with E-state index < -0.39 is 11.9 Å². The molecule has 7 nitrogen and oxygen atoms in total. The van der Waals surface area contributed by atoms with Crippen molar-refractivity contribution < 1.29 is 24.5 Å². The number of methoxy groups -OCH3 is 1. The van der Waals surface area contributed by atoms with Crippen LogP contribution < -0.4 is 10.1 Å². The summed E-state index contributed by atoms with van der Waals surface area (Å²) in [5, 5.41) is 22.9. The van der Waals surface area contributed by atoms with Gasteiger partial charge < -0.3 is 20.3 Å². The summed E-state index contributed by atoms with van der Waals surface area (Å²) in [7, 11) is 1.46. The third-order valence-electron chi connectivity index (χ3n) is 2.62. The van der Waals surface area contributed by atoms with E-state index in [1.807, 2.05) is 0 Å². The van der Waals surface area contributed by atoms with Crippen molar-refractivity contribution in [2.75, 3.05) is 7.11 Å². The third kappa shape index (κ3) is 3.48. The Hall–Kier alpha value is -2.61. The first-order chi connectivity index (χ1) is 10.0. The molecule has 1 aromatic heterocycles. The van der Waals surface area contributed by atoms with Crippen LogP contribution in [-0.2, 0) is 6.54 Å². The van der Waals surface area contributed by atoms with Crippen LogP contribution in [0.15, 0.2) is 23.6 Å². The van der Waals surface area contributed by atoms with Crippen molar-refractivity contribution in [2.24, 2.45) is 0 Å². The zero-order valence-corrected chi connectivity index (χ0v) is 11.8. The van der Waals surface area contributed by atoms with Crippen LogP contribution in [-0.4, -0.2) is 34.2 Å². The lowest BCUT2D eigenvalue weighted by Crippen LogP contribution is -2.22. The first kappa shape index (κ1) is 14.8. The summed E-state index contributed by atoms with van der Waals surface area (Å²) in [5.74, 6) is -1.36. The molecule has 3 N–H and O–H groups in total. The van der Waals surface area contributed by atoms with Crippen LogP contribution in [0.1, 0.15) is 25.9 Å². The SMILES string of the molecule is COc1ccc(C(=O)NCc2nc(C(=O)O)cs2)c(O)c1. The molecule has 2 aromatic rings. The Labute approximate surface area is 123 Å². The average Bonchev–Trinajstić information content (AvgIpc) is 2.93. The molecule has 0 aliphatic rings. The molecular formula is C13H12N2O5S. The second-order valence-corrected chi connectivity index (χ2v) is 4.94. The third-order valence-corrected chi connectivity index (χ3v) is 3.47. The van der Waals surface area contributed by atoms with Gasteiger partial charge in [-0.2, -0.15) is 0 Å². The standard InChI is InChI=1S/C13H12N2O5S/c1-20-7-2-3-8(10(16)4-7)12(17)14-5-11-15-9(6-21-11)13(18)19/h2-4,6,16H,5H2,1H3,(H,14,17)(H,18,19). The molecule has 0 bridgehead atoms. The number of ether oxygens (including phenoxy) is 1. The summed E-state index contributed by atoms with van der Waals surface area (Å²) < 4.78 is 4.93. The van der Waals surface area contributed by atoms with E-state index in [0.29, 0.717) is 10.8 Å². The smallest absolute Gasteiger partial charge is 0.355 e. The average molecular weight is 308 g/mol. The summed E-state index contributed by atoms with van der Waals surface area (Å²) >= 11 is 1.14. The van der Waals surface area contributed by atoms with Gasteiger partial charge in [0.25, 0.3) is 5.91 Å². The number of hydrogen-bond donors (Lipinski definition) is 3. The highest BCUT2D eigenvalue weighted by molar-refractivity contribution is 7.09. The molecule has 0 unspecified atom stereocenters. The number of aromatic nitrogens is 1. The van der Waals surface area contributed by atoms with E-state index in [1.54, 1.807) is 6.07 Å². The second-order valence-electron chi connectivity index (χ2n) is 4.00. The van der Waals surface area contributed by atoms with E-state index in [-0.39, 0.29) is 23.6 Å². The summed E-state index contributed by atoms with van der Waals surface area (Å²) in [4.78, 5) is 26.5. The van der Waals surface area contributed by atoms with Crippen LogP contribution in [0.2, 0.25) is 0 Å². The van der Waals surface area contributed by atoms with Gasteiger partial charge in [-0.25, -0.2) is 9.78 Å². The van der Waals surface area contributed by atoms with E-state index in [0.717, 1.165) is 11.3 Å². The van der Waals surface area contributed by atoms with Crippen LogP contribution in [0.5, 0.6) is 11.5 Å². The number of thiazole rings is 1. The monoisotopic (exact) mass is 308 g/mol. The molecular weight excluding hydrogens is 296 g/mol. The molecule has 0 aliphatic carbocycles. The summed E-state index contributed by atoms with van der Waals surface area (Å²) in [5.41, 5.74) is 0.0438. The highest BCUT2D eigenvalue weighted by Crippen LogP contribution is 2.23. The van der Waals surface area contributed by atoms with Crippen molar-refractivity contribution in [1.82, 2.24) is 10.3 Å². The number of phenolic OH excluding ortho intramolecular Hbond substituents is 1. The van der Waals surface area contributed by atoms with Crippen molar-refractivity contribution >= 4 is 23.2 Å². The highest BCUT2D eigenvalue weighted by atomic mass is 32.1. The lowest BCUT2D eigenvalue weighted by molar-refractivity contribution is 0.0691. The van der Waals surface area contributed by atoms with Gasteiger partial charge in [-0.15, -0.1) is 11.3 Å². The normalized spacial score (nSPS) is 10.1. The Bertz CT molecular complexity index is 683. The highest BCUT2D eigenvalue weighted by Gasteiger charge is 2.13. The van der Waals surface area contributed by atoms with Crippen LogP contribution in [0.3, 0.4) is 0 Å².